The molecule has 1 fully saturated rings. The summed E-state index contributed by atoms with van der Waals surface area (Å²) in [7, 11) is 0. The molecule has 4 nitrogen and oxygen atoms in total. The quantitative estimate of drug-likeness (QED) is 0.780. The molecule has 2 aliphatic heterocycles. The van der Waals surface area contributed by atoms with Gasteiger partial charge in [-0.1, -0.05) is 13.0 Å². The van der Waals surface area contributed by atoms with E-state index in [1.165, 1.54) is 12.1 Å². The molecule has 0 aromatic heterocycles. The molecular weight excluding hydrogens is 247 g/mol. The fourth-order valence-corrected chi connectivity index (χ4v) is 2.78. The van der Waals surface area contributed by atoms with Crippen molar-refractivity contribution < 1.29 is 13.9 Å². The maximum Gasteiger partial charge on any atom is 0.414 e. The van der Waals surface area contributed by atoms with E-state index in [9.17, 15) is 9.18 Å². The van der Waals surface area contributed by atoms with Gasteiger partial charge in [0.25, 0.3) is 0 Å². The van der Waals surface area contributed by atoms with Crippen LogP contribution in [-0.4, -0.2) is 36.7 Å². The third-order valence-electron chi connectivity index (χ3n) is 3.89. The van der Waals surface area contributed by atoms with Gasteiger partial charge in [0.05, 0.1) is 11.7 Å². The van der Waals surface area contributed by atoms with Crippen LogP contribution in [0.15, 0.2) is 18.2 Å². The number of fused-ring (bicyclic) bond motifs is 3. The van der Waals surface area contributed by atoms with Gasteiger partial charge in [-0.2, -0.15) is 0 Å². The van der Waals surface area contributed by atoms with Gasteiger partial charge in [-0.05, 0) is 30.7 Å². The molecule has 1 aromatic carbocycles. The Morgan fingerprint density at radius 1 is 1.47 bits per heavy atom. The van der Waals surface area contributed by atoms with Crippen molar-refractivity contribution in [3.63, 3.8) is 0 Å². The number of nitrogens with zero attached hydrogens (tertiary/aromatic N) is 2. The van der Waals surface area contributed by atoms with Crippen molar-refractivity contribution in [3.05, 3.63) is 29.6 Å². The van der Waals surface area contributed by atoms with Crippen molar-refractivity contribution in [1.82, 2.24) is 4.90 Å². The predicted molar refractivity (Wildman–Crippen MR) is 69.6 cm³/mol. The molecule has 2 heterocycles. The average Bonchev–Trinajstić information content (AvgIpc) is 2.74. The number of rotatable bonds is 1. The second kappa shape index (κ2) is 4.81. The summed E-state index contributed by atoms with van der Waals surface area (Å²) in [6.07, 6.45) is 0.497. The van der Waals surface area contributed by atoms with E-state index < -0.39 is 0 Å². The van der Waals surface area contributed by atoms with Crippen LogP contribution in [-0.2, 0) is 11.3 Å². The third-order valence-corrected chi connectivity index (χ3v) is 3.89. The van der Waals surface area contributed by atoms with Crippen molar-refractivity contribution in [2.24, 2.45) is 0 Å². The van der Waals surface area contributed by atoms with E-state index in [0.29, 0.717) is 12.3 Å². The Hall–Kier alpha value is -1.62. The Morgan fingerprint density at radius 3 is 3.11 bits per heavy atom. The minimum Gasteiger partial charge on any atom is -0.447 e. The zero-order valence-electron chi connectivity index (χ0n) is 10.9. The number of carbonyl (C=O) groups is 1. The number of hydrogen-bond donors (Lipinski definition) is 0. The second-order valence-electron chi connectivity index (χ2n) is 5.03. The molecule has 1 aromatic rings. The van der Waals surface area contributed by atoms with E-state index >= 15 is 0 Å². The molecule has 0 spiro atoms. The van der Waals surface area contributed by atoms with Crippen LogP contribution in [0, 0.1) is 5.82 Å². The lowest BCUT2D eigenvalue weighted by Crippen LogP contribution is -2.40. The first kappa shape index (κ1) is 12.4. The lowest BCUT2D eigenvalue weighted by molar-refractivity contribution is 0.177. The number of cyclic esters (lactones) is 1. The topological polar surface area (TPSA) is 32.8 Å². The fraction of sp³-hybridized carbons (Fsp3) is 0.500. The van der Waals surface area contributed by atoms with Gasteiger partial charge in [0.2, 0.25) is 0 Å². The molecule has 1 amide bonds. The molecule has 1 saturated heterocycles. The van der Waals surface area contributed by atoms with E-state index in [4.69, 9.17) is 4.74 Å². The Labute approximate surface area is 111 Å². The largest absolute Gasteiger partial charge is 0.447 e. The first-order valence-electron chi connectivity index (χ1n) is 6.66. The van der Waals surface area contributed by atoms with Gasteiger partial charge in [-0.15, -0.1) is 0 Å². The number of halogens is 1. The minimum absolute atomic E-state index is 0.0161. The number of anilines is 1. The summed E-state index contributed by atoms with van der Waals surface area (Å²) in [5.41, 5.74) is 1.64. The van der Waals surface area contributed by atoms with Gasteiger partial charge in [0.15, 0.2) is 0 Å². The maximum absolute atomic E-state index is 13.5. The van der Waals surface area contributed by atoms with E-state index in [1.54, 1.807) is 11.0 Å². The number of ether oxygens (including phenoxy) is 1. The summed E-state index contributed by atoms with van der Waals surface area (Å²) < 4.78 is 18.6. The summed E-state index contributed by atoms with van der Waals surface area (Å²) in [6, 6.07) is 4.67. The van der Waals surface area contributed by atoms with E-state index in [-0.39, 0.29) is 18.0 Å². The highest BCUT2D eigenvalue weighted by Crippen LogP contribution is 2.32. The van der Waals surface area contributed by atoms with Crippen molar-refractivity contribution in [1.29, 1.82) is 0 Å². The first-order valence-corrected chi connectivity index (χ1v) is 6.66. The highest BCUT2D eigenvalue weighted by Gasteiger charge is 2.36. The van der Waals surface area contributed by atoms with Gasteiger partial charge in [0.1, 0.15) is 12.4 Å². The Kier molecular flexibility index (Phi) is 3.14. The van der Waals surface area contributed by atoms with Crippen LogP contribution in [0.25, 0.3) is 0 Å². The normalized spacial score (nSPS) is 23.4. The summed E-state index contributed by atoms with van der Waals surface area (Å²) in [5, 5.41) is 0. The van der Waals surface area contributed by atoms with Crippen molar-refractivity contribution in [2.45, 2.75) is 25.9 Å². The second-order valence-corrected chi connectivity index (χ2v) is 5.03. The Bertz CT molecular complexity index is 506. The van der Waals surface area contributed by atoms with E-state index in [1.807, 2.05) is 0 Å². The molecular formula is C14H17FN2O2. The van der Waals surface area contributed by atoms with Crippen LogP contribution in [0.5, 0.6) is 0 Å². The van der Waals surface area contributed by atoms with Crippen LogP contribution in [0.3, 0.4) is 0 Å². The van der Waals surface area contributed by atoms with Crippen LogP contribution >= 0.6 is 0 Å². The zero-order chi connectivity index (χ0) is 13.4. The summed E-state index contributed by atoms with van der Waals surface area (Å²) >= 11 is 0. The average molecular weight is 264 g/mol. The molecule has 2 aliphatic rings. The highest BCUT2D eigenvalue weighted by molar-refractivity contribution is 5.91. The highest BCUT2D eigenvalue weighted by atomic mass is 19.1. The molecule has 19 heavy (non-hydrogen) atoms. The monoisotopic (exact) mass is 264 g/mol. The standard InChI is InChI=1S/C14H17FN2O2/c1-2-16-6-5-12-9-19-14(18)17(12)13-7-11(15)4-3-10(13)8-16/h3-4,7,12H,2,5-6,8-9H2,1H3. The van der Waals surface area contributed by atoms with Crippen LogP contribution in [0.4, 0.5) is 14.9 Å². The Balaban J connectivity index is 2.06. The van der Waals surface area contributed by atoms with E-state index in [2.05, 4.69) is 11.8 Å². The lowest BCUT2D eigenvalue weighted by atomic mass is 10.1. The van der Waals surface area contributed by atoms with Gasteiger partial charge in [0, 0.05) is 13.1 Å². The molecule has 0 N–H and O–H groups in total. The molecule has 3 rings (SSSR count). The first-order chi connectivity index (χ1) is 9.19. The van der Waals surface area contributed by atoms with Crippen LogP contribution in [0.1, 0.15) is 18.9 Å². The molecule has 0 bridgehead atoms. The molecule has 1 atom stereocenters. The molecule has 5 heteroatoms. The van der Waals surface area contributed by atoms with Crippen molar-refractivity contribution in [2.75, 3.05) is 24.6 Å². The maximum atomic E-state index is 13.5. The van der Waals surface area contributed by atoms with E-state index in [0.717, 1.165) is 31.6 Å². The molecule has 0 aliphatic carbocycles. The summed E-state index contributed by atoms with van der Waals surface area (Å²) in [6.45, 7) is 5.11. The number of carbonyl (C=O) groups excluding carboxylic acids is 1. The Morgan fingerprint density at radius 2 is 2.32 bits per heavy atom. The van der Waals surface area contributed by atoms with Crippen LogP contribution in [0.2, 0.25) is 0 Å². The van der Waals surface area contributed by atoms with Gasteiger partial charge >= 0.3 is 6.09 Å². The number of hydrogen-bond acceptors (Lipinski definition) is 3. The van der Waals surface area contributed by atoms with Gasteiger partial charge in [-0.3, -0.25) is 9.80 Å². The van der Waals surface area contributed by atoms with Crippen LogP contribution < -0.4 is 4.90 Å². The molecule has 0 radical (unpaired) electrons. The molecule has 1 unspecified atom stereocenters. The zero-order valence-corrected chi connectivity index (χ0v) is 10.9. The lowest BCUT2D eigenvalue weighted by Gasteiger charge is -2.31. The van der Waals surface area contributed by atoms with Gasteiger partial charge in [-0.25, -0.2) is 9.18 Å². The predicted octanol–water partition coefficient (Wildman–Crippen LogP) is 2.38. The number of benzene rings is 1. The molecule has 102 valence electrons. The third kappa shape index (κ3) is 2.18. The SMILES string of the molecule is CCN1CCC2COC(=O)N2c2cc(F)ccc2C1. The molecule has 0 saturated carbocycles. The summed E-state index contributed by atoms with van der Waals surface area (Å²) in [5.74, 6) is -0.319. The minimum atomic E-state index is -0.359. The summed E-state index contributed by atoms with van der Waals surface area (Å²) in [4.78, 5) is 15.8. The fourth-order valence-electron chi connectivity index (χ4n) is 2.78. The van der Waals surface area contributed by atoms with Crippen molar-refractivity contribution >= 4 is 11.8 Å². The number of amides is 1. The smallest absolute Gasteiger partial charge is 0.414 e. The van der Waals surface area contributed by atoms with Crippen molar-refractivity contribution in [3.8, 4) is 0 Å². The van der Waals surface area contributed by atoms with Gasteiger partial charge < -0.3 is 4.74 Å².